The van der Waals surface area contributed by atoms with E-state index in [9.17, 15) is 9.59 Å². The smallest absolute Gasteiger partial charge is 0.227 e. The monoisotopic (exact) mass is 498 g/mol. The van der Waals surface area contributed by atoms with E-state index < -0.39 is 6.04 Å². The standard InChI is InChI=1S/C31H31ClN2O2/c1-2-3-5-14-29(36)34-27-13-9-8-12-25(27)33-26-19-23(21-10-6-4-7-11-21)20-28(35)30(26)31(34)22-15-17-24(32)18-16-22/h4,6-13,15-18,23,31,33H,2-3,5,14,19-20H2,1H3/t23-,31+/m0/s1. The van der Waals surface area contributed by atoms with Gasteiger partial charge in [-0.2, -0.15) is 0 Å². The number of rotatable bonds is 6. The van der Waals surface area contributed by atoms with Crippen LogP contribution in [0.3, 0.4) is 0 Å². The molecule has 1 aliphatic carbocycles. The van der Waals surface area contributed by atoms with Crippen molar-refractivity contribution < 1.29 is 9.59 Å². The summed E-state index contributed by atoms with van der Waals surface area (Å²) < 4.78 is 0. The number of allylic oxidation sites excluding steroid dienone is 1. The first-order chi connectivity index (χ1) is 17.6. The molecule has 0 spiro atoms. The fourth-order valence-electron chi connectivity index (χ4n) is 5.43. The molecule has 184 valence electrons. The molecule has 0 saturated carbocycles. The van der Waals surface area contributed by atoms with E-state index in [1.807, 2.05) is 71.6 Å². The number of amides is 1. The minimum absolute atomic E-state index is 0.0318. The third-order valence-electron chi connectivity index (χ3n) is 7.21. The van der Waals surface area contributed by atoms with Crippen LogP contribution in [0.4, 0.5) is 11.4 Å². The molecule has 2 aliphatic rings. The number of carbonyl (C=O) groups excluding carboxylic acids is 2. The maximum Gasteiger partial charge on any atom is 0.227 e. The van der Waals surface area contributed by atoms with Gasteiger partial charge in [-0.15, -0.1) is 0 Å². The second-order valence-corrected chi connectivity index (χ2v) is 10.1. The number of fused-ring (bicyclic) bond motifs is 1. The number of unbranched alkanes of at least 4 members (excludes halogenated alkanes) is 2. The highest BCUT2D eigenvalue weighted by Crippen LogP contribution is 2.47. The van der Waals surface area contributed by atoms with Crippen molar-refractivity contribution in [3.05, 3.63) is 106 Å². The highest BCUT2D eigenvalue weighted by molar-refractivity contribution is 6.30. The first-order valence-corrected chi connectivity index (χ1v) is 13.2. The normalized spacial score (nSPS) is 19.3. The average Bonchev–Trinajstić information content (AvgIpc) is 3.04. The highest BCUT2D eigenvalue weighted by Gasteiger charge is 2.41. The number of Topliss-reactive ketones (excluding diaryl/α,β-unsaturated/α-hetero) is 1. The van der Waals surface area contributed by atoms with Crippen LogP contribution < -0.4 is 10.2 Å². The van der Waals surface area contributed by atoms with Crippen molar-refractivity contribution in [3.63, 3.8) is 0 Å². The van der Waals surface area contributed by atoms with E-state index in [1.54, 1.807) is 0 Å². The number of nitrogens with one attached hydrogen (secondary N) is 1. The Balaban J connectivity index is 1.66. The molecule has 0 saturated heterocycles. The summed E-state index contributed by atoms with van der Waals surface area (Å²) in [6, 6.07) is 25.1. The summed E-state index contributed by atoms with van der Waals surface area (Å²) in [7, 11) is 0. The lowest BCUT2D eigenvalue weighted by atomic mass is 9.78. The number of para-hydroxylation sites is 2. The van der Waals surface area contributed by atoms with Gasteiger partial charge < -0.3 is 5.32 Å². The van der Waals surface area contributed by atoms with Crippen LogP contribution in [-0.2, 0) is 9.59 Å². The van der Waals surface area contributed by atoms with Crippen molar-refractivity contribution in [1.82, 2.24) is 0 Å². The van der Waals surface area contributed by atoms with Gasteiger partial charge in [-0.1, -0.05) is 86.0 Å². The van der Waals surface area contributed by atoms with Gasteiger partial charge in [-0.25, -0.2) is 0 Å². The quantitative estimate of drug-likeness (QED) is 0.352. The summed E-state index contributed by atoms with van der Waals surface area (Å²) in [5.74, 6) is 0.205. The van der Waals surface area contributed by atoms with E-state index in [0.29, 0.717) is 29.9 Å². The number of benzene rings is 3. The maximum absolute atomic E-state index is 13.9. The van der Waals surface area contributed by atoms with Crippen molar-refractivity contribution >= 4 is 34.7 Å². The summed E-state index contributed by atoms with van der Waals surface area (Å²) in [6.07, 6.45) is 4.43. The molecule has 5 rings (SSSR count). The fourth-order valence-corrected chi connectivity index (χ4v) is 5.56. The zero-order valence-electron chi connectivity index (χ0n) is 20.5. The molecule has 2 atom stereocenters. The first kappa shape index (κ1) is 24.3. The van der Waals surface area contributed by atoms with Crippen molar-refractivity contribution in [2.24, 2.45) is 0 Å². The summed E-state index contributed by atoms with van der Waals surface area (Å²) in [4.78, 5) is 29.6. The number of hydrogen-bond donors (Lipinski definition) is 1. The Morgan fingerprint density at radius 1 is 0.917 bits per heavy atom. The summed E-state index contributed by atoms with van der Waals surface area (Å²) in [6.45, 7) is 2.13. The number of carbonyl (C=O) groups is 2. The molecule has 0 aromatic heterocycles. The molecule has 0 radical (unpaired) electrons. The van der Waals surface area contributed by atoms with Crippen LogP contribution in [0, 0.1) is 0 Å². The molecule has 1 amide bonds. The fraction of sp³-hybridized carbons (Fsp3) is 0.290. The van der Waals surface area contributed by atoms with Gasteiger partial charge in [0.05, 0.1) is 17.4 Å². The minimum atomic E-state index is -0.508. The average molecular weight is 499 g/mol. The second kappa shape index (κ2) is 10.7. The van der Waals surface area contributed by atoms with Gasteiger partial charge in [0.2, 0.25) is 5.91 Å². The molecule has 0 fully saturated rings. The summed E-state index contributed by atoms with van der Waals surface area (Å²) in [5.41, 5.74) is 5.29. The van der Waals surface area contributed by atoms with Crippen LogP contribution in [0.25, 0.3) is 0 Å². The van der Waals surface area contributed by atoms with E-state index in [1.165, 1.54) is 0 Å². The van der Waals surface area contributed by atoms with Gasteiger partial charge in [-0.05, 0) is 54.2 Å². The number of ketones is 1. The van der Waals surface area contributed by atoms with Gasteiger partial charge in [-0.3, -0.25) is 14.5 Å². The molecule has 5 heteroatoms. The molecule has 1 aliphatic heterocycles. The van der Waals surface area contributed by atoms with Crippen LogP contribution in [-0.4, -0.2) is 11.7 Å². The third-order valence-corrected chi connectivity index (χ3v) is 7.46. The van der Waals surface area contributed by atoms with Crippen molar-refractivity contribution in [2.75, 3.05) is 10.2 Å². The van der Waals surface area contributed by atoms with E-state index >= 15 is 0 Å². The Bertz CT molecular complexity index is 1280. The lowest BCUT2D eigenvalue weighted by Gasteiger charge is -2.35. The van der Waals surface area contributed by atoms with Gasteiger partial charge in [0.25, 0.3) is 0 Å². The molecule has 4 nitrogen and oxygen atoms in total. The first-order valence-electron chi connectivity index (χ1n) is 12.8. The van der Waals surface area contributed by atoms with E-state index in [2.05, 4.69) is 24.4 Å². The number of hydrogen-bond acceptors (Lipinski definition) is 3. The number of nitrogens with zero attached hydrogens (tertiary/aromatic N) is 1. The van der Waals surface area contributed by atoms with Gasteiger partial charge >= 0.3 is 0 Å². The summed E-state index contributed by atoms with van der Waals surface area (Å²) >= 11 is 6.23. The molecule has 3 aromatic rings. The van der Waals surface area contributed by atoms with Crippen molar-refractivity contribution in [3.8, 4) is 0 Å². The highest BCUT2D eigenvalue weighted by atomic mass is 35.5. The predicted octanol–water partition coefficient (Wildman–Crippen LogP) is 7.82. The SMILES string of the molecule is CCCCCC(=O)N1c2ccccc2NC2=C(C(=O)C[C@@H](c3ccccc3)C2)[C@H]1c1ccc(Cl)cc1. The lowest BCUT2D eigenvalue weighted by Crippen LogP contribution is -2.38. The topological polar surface area (TPSA) is 49.4 Å². The maximum atomic E-state index is 13.9. The Morgan fingerprint density at radius 2 is 1.64 bits per heavy atom. The van der Waals surface area contributed by atoms with Crippen molar-refractivity contribution in [2.45, 2.75) is 57.4 Å². The molecule has 1 heterocycles. The molecule has 3 aromatic carbocycles. The van der Waals surface area contributed by atoms with Crippen LogP contribution in [0.2, 0.25) is 5.02 Å². The van der Waals surface area contributed by atoms with Crippen LogP contribution in [0.5, 0.6) is 0 Å². The third kappa shape index (κ3) is 4.83. The predicted molar refractivity (Wildman–Crippen MR) is 146 cm³/mol. The summed E-state index contributed by atoms with van der Waals surface area (Å²) in [5, 5.41) is 4.22. The van der Waals surface area contributed by atoms with Crippen molar-refractivity contribution in [1.29, 1.82) is 0 Å². The molecule has 0 unspecified atom stereocenters. The Labute approximate surface area is 218 Å². The zero-order chi connectivity index (χ0) is 25.1. The van der Waals surface area contributed by atoms with E-state index in [4.69, 9.17) is 11.6 Å². The molecular formula is C31H31ClN2O2. The van der Waals surface area contributed by atoms with Gasteiger partial charge in [0.15, 0.2) is 5.78 Å². The molecule has 0 bridgehead atoms. The van der Waals surface area contributed by atoms with E-state index in [0.717, 1.165) is 47.5 Å². The van der Waals surface area contributed by atoms with Crippen LogP contribution >= 0.6 is 11.6 Å². The lowest BCUT2D eigenvalue weighted by molar-refractivity contribution is -0.119. The van der Waals surface area contributed by atoms with Crippen LogP contribution in [0.15, 0.2) is 90.1 Å². The van der Waals surface area contributed by atoms with Gasteiger partial charge in [0.1, 0.15) is 0 Å². The zero-order valence-corrected chi connectivity index (χ0v) is 21.3. The van der Waals surface area contributed by atoms with Crippen LogP contribution in [0.1, 0.15) is 68.5 Å². The Hall–Kier alpha value is -3.37. The number of halogens is 1. The Kier molecular flexibility index (Phi) is 7.24. The largest absolute Gasteiger partial charge is 0.357 e. The molecular weight excluding hydrogens is 468 g/mol. The Morgan fingerprint density at radius 3 is 2.39 bits per heavy atom. The second-order valence-electron chi connectivity index (χ2n) is 9.65. The number of anilines is 2. The molecule has 36 heavy (non-hydrogen) atoms. The van der Waals surface area contributed by atoms with E-state index in [-0.39, 0.29) is 17.6 Å². The molecule has 1 N–H and O–H groups in total. The van der Waals surface area contributed by atoms with Gasteiger partial charge in [0, 0.05) is 29.1 Å². The minimum Gasteiger partial charge on any atom is -0.357 e.